The average Bonchev–Trinajstić information content (AvgIpc) is 2.69. The second kappa shape index (κ2) is 10.5. The zero-order chi connectivity index (χ0) is 21.4. The minimum Gasteiger partial charge on any atom is -0.467 e. The van der Waals surface area contributed by atoms with Gasteiger partial charge in [0.1, 0.15) is 23.5 Å². The van der Waals surface area contributed by atoms with Crippen LogP contribution in [0.4, 0.5) is 8.78 Å². The molecule has 1 amide bonds. The minimum atomic E-state index is -0.865. The molecule has 0 aliphatic carbocycles. The third-order valence-electron chi connectivity index (χ3n) is 4.49. The van der Waals surface area contributed by atoms with E-state index in [1.807, 2.05) is 30.3 Å². The van der Waals surface area contributed by atoms with E-state index < -0.39 is 35.5 Å². The van der Waals surface area contributed by atoms with E-state index in [2.05, 4.69) is 10.1 Å². The number of amides is 1. The lowest BCUT2D eigenvalue weighted by Crippen LogP contribution is -2.43. The number of Topliss-reactive ketones (excluding diaryl/α,β-unsaturated/α-hetero) is 1. The quantitative estimate of drug-likeness (QED) is 0.654. The van der Waals surface area contributed by atoms with Crippen molar-refractivity contribution in [3.63, 3.8) is 0 Å². The van der Waals surface area contributed by atoms with E-state index >= 15 is 0 Å². The molecule has 5 nitrogen and oxygen atoms in total. The number of halogens is 2. The van der Waals surface area contributed by atoms with E-state index in [4.69, 9.17) is 0 Å². The maximum absolute atomic E-state index is 13.8. The fourth-order valence-electron chi connectivity index (χ4n) is 2.95. The number of hydrogen-bond acceptors (Lipinski definition) is 4. The lowest BCUT2D eigenvalue weighted by molar-refractivity contribution is -0.145. The van der Waals surface area contributed by atoms with Gasteiger partial charge in [-0.05, 0) is 30.5 Å². The maximum atomic E-state index is 13.8. The summed E-state index contributed by atoms with van der Waals surface area (Å²) >= 11 is 0. The summed E-state index contributed by atoms with van der Waals surface area (Å²) in [5.41, 5.74) is 0.914. The van der Waals surface area contributed by atoms with Crippen LogP contribution in [0, 0.1) is 17.6 Å². The molecule has 0 bridgehead atoms. The highest BCUT2D eigenvalue weighted by Crippen LogP contribution is 2.17. The molecule has 154 valence electrons. The summed E-state index contributed by atoms with van der Waals surface area (Å²) in [7, 11) is 1.22. The van der Waals surface area contributed by atoms with E-state index in [1.165, 1.54) is 20.1 Å². The zero-order valence-corrected chi connectivity index (χ0v) is 16.3. The van der Waals surface area contributed by atoms with Crippen LogP contribution in [-0.4, -0.2) is 30.8 Å². The van der Waals surface area contributed by atoms with Crippen molar-refractivity contribution >= 4 is 17.7 Å². The molecule has 2 aromatic carbocycles. The summed E-state index contributed by atoms with van der Waals surface area (Å²) in [6.07, 6.45) is -0.124. The van der Waals surface area contributed by atoms with Crippen LogP contribution in [0.2, 0.25) is 0 Å². The first-order chi connectivity index (χ1) is 13.8. The predicted octanol–water partition coefficient (Wildman–Crippen LogP) is 3.00. The smallest absolute Gasteiger partial charge is 0.328 e. The largest absolute Gasteiger partial charge is 0.467 e. The monoisotopic (exact) mass is 403 g/mol. The molecule has 0 aliphatic heterocycles. The number of rotatable bonds is 9. The van der Waals surface area contributed by atoms with Crippen molar-refractivity contribution in [2.75, 3.05) is 7.11 Å². The number of hydrogen-bond donors (Lipinski definition) is 1. The Morgan fingerprint density at radius 1 is 1.07 bits per heavy atom. The zero-order valence-electron chi connectivity index (χ0n) is 16.3. The van der Waals surface area contributed by atoms with Gasteiger partial charge in [0.15, 0.2) is 0 Å². The molecular weight excluding hydrogens is 380 g/mol. The number of esters is 1. The number of nitrogens with one attached hydrogen (secondary N) is 1. The summed E-state index contributed by atoms with van der Waals surface area (Å²) in [5, 5.41) is 2.55. The molecule has 0 aromatic heterocycles. The SMILES string of the molecule is COC(=O)C(C)NC(=O)C(CC(=O)Cc1ccc(F)cc1F)Cc1ccccc1. The van der Waals surface area contributed by atoms with Gasteiger partial charge >= 0.3 is 5.97 Å². The normalized spacial score (nSPS) is 12.7. The average molecular weight is 403 g/mol. The highest BCUT2D eigenvalue weighted by Gasteiger charge is 2.26. The van der Waals surface area contributed by atoms with Crippen LogP contribution in [0.25, 0.3) is 0 Å². The number of benzene rings is 2. The van der Waals surface area contributed by atoms with E-state index in [0.29, 0.717) is 0 Å². The molecule has 0 fully saturated rings. The minimum absolute atomic E-state index is 0.0678. The topological polar surface area (TPSA) is 72.5 Å². The Morgan fingerprint density at radius 3 is 2.38 bits per heavy atom. The Bertz CT molecular complexity index is 870. The second-order valence-electron chi connectivity index (χ2n) is 6.80. The Balaban J connectivity index is 2.12. The first kappa shape index (κ1) is 22.2. The first-order valence-electron chi connectivity index (χ1n) is 9.18. The molecule has 1 N–H and O–H groups in total. The standard InChI is InChI=1S/C22H23F2NO4/c1-14(22(28)29-2)25-21(27)17(10-15-6-4-3-5-7-15)12-19(26)11-16-8-9-18(23)13-20(16)24/h3-9,13-14,17H,10-12H2,1-2H3,(H,25,27). The van der Waals surface area contributed by atoms with Crippen LogP contribution in [0.15, 0.2) is 48.5 Å². The molecule has 2 unspecified atom stereocenters. The van der Waals surface area contributed by atoms with Gasteiger partial charge in [-0.3, -0.25) is 9.59 Å². The summed E-state index contributed by atoms with van der Waals surface area (Å²) in [6, 6.07) is 11.3. The number of methoxy groups -OCH3 is 1. The van der Waals surface area contributed by atoms with Crippen LogP contribution < -0.4 is 5.32 Å². The molecule has 0 saturated carbocycles. The van der Waals surface area contributed by atoms with Crippen molar-refractivity contribution in [3.8, 4) is 0 Å². The molecule has 0 saturated heterocycles. The summed E-state index contributed by atoms with van der Waals surface area (Å²) in [4.78, 5) is 36.8. The van der Waals surface area contributed by atoms with E-state index in [0.717, 1.165) is 17.7 Å². The van der Waals surface area contributed by atoms with Crippen molar-refractivity contribution < 1.29 is 27.9 Å². The molecule has 2 rings (SSSR count). The Labute approximate surface area is 168 Å². The fraction of sp³-hybridized carbons (Fsp3) is 0.318. The molecule has 0 aliphatic rings. The van der Waals surface area contributed by atoms with Crippen molar-refractivity contribution in [2.45, 2.75) is 32.2 Å². The Hall–Kier alpha value is -3.09. The number of carbonyl (C=O) groups excluding carboxylic acids is 3. The number of ether oxygens (including phenoxy) is 1. The van der Waals surface area contributed by atoms with Gasteiger partial charge in [-0.25, -0.2) is 13.6 Å². The van der Waals surface area contributed by atoms with Crippen LogP contribution in [0.3, 0.4) is 0 Å². The van der Waals surface area contributed by atoms with Gasteiger partial charge < -0.3 is 10.1 Å². The van der Waals surface area contributed by atoms with Gasteiger partial charge in [-0.2, -0.15) is 0 Å². The van der Waals surface area contributed by atoms with Crippen molar-refractivity contribution in [1.82, 2.24) is 5.32 Å². The summed E-state index contributed by atoms with van der Waals surface area (Å²) in [6.45, 7) is 1.49. The number of ketones is 1. The molecule has 0 spiro atoms. The van der Waals surface area contributed by atoms with Crippen molar-refractivity contribution in [2.24, 2.45) is 5.92 Å². The summed E-state index contributed by atoms with van der Waals surface area (Å²) in [5.74, 6) is -3.72. The fourth-order valence-corrected chi connectivity index (χ4v) is 2.95. The molecular formula is C22H23F2NO4. The van der Waals surface area contributed by atoms with Crippen LogP contribution >= 0.6 is 0 Å². The summed E-state index contributed by atoms with van der Waals surface area (Å²) < 4.78 is 31.5. The number of carbonyl (C=O) groups is 3. The lowest BCUT2D eigenvalue weighted by Gasteiger charge is -2.19. The molecule has 2 atom stereocenters. The molecule has 0 heterocycles. The van der Waals surface area contributed by atoms with Gasteiger partial charge in [-0.15, -0.1) is 0 Å². The molecule has 0 radical (unpaired) electrons. The lowest BCUT2D eigenvalue weighted by atomic mass is 9.91. The second-order valence-corrected chi connectivity index (χ2v) is 6.80. The molecule has 29 heavy (non-hydrogen) atoms. The predicted molar refractivity (Wildman–Crippen MR) is 103 cm³/mol. The van der Waals surface area contributed by atoms with Crippen LogP contribution in [0.1, 0.15) is 24.5 Å². The van der Waals surface area contributed by atoms with E-state index in [-0.39, 0.29) is 30.6 Å². The Kier molecular flexibility index (Phi) is 8.00. The third-order valence-corrected chi connectivity index (χ3v) is 4.49. The van der Waals surface area contributed by atoms with Crippen LogP contribution in [0.5, 0.6) is 0 Å². The van der Waals surface area contributed by atoms with Crippen LogP contribution in [-0.2, 0) is 32.0 Å². The third kappa shape index (κ3) is 6.78. The highest BCUT2D eigenvalue weighted by molar-refractivity contribution is 5.90. The first-order valence-corrected chi connectivity index (χ1v) is 9.18. The van der Waals surface area contributed by atoms with Crippen molar-refractivity contribution in [1.29, 1.82) is 0 Å². The van der Waals surface area contributed by atoms with Gasteiger partial charge in [0, 0.05) is 24.8 Å². The molecule has 7 heteroatoms. The highest BCUT2D eigenvalue weighted by atomic mass is 19.1. The van der Waals surface area contributed by atoms with Crippen molar-refractivity contribution in [3.05, 3.63) is 71.3 Å². The maximum Gasteiger partial charge on any atom is 0.328 e. The van der Waals surface area contributed by atoms with E-state index in [1.54, 1.807) is 0 Å². The van der Waals surface area contributed by atoms with E-state index in [9.17, 15) is 23.2 Å². The van der Waals surface area contributed by atoms with Gasteiger partial charge in [0.2, 0.25) is 5.91 Å². The molecule has 2 aromatic rings. The Morgan fingerprint density at radius 2 is 1.76 bits per heavy atom. The van der Waals surface area contributed by atoms with Gasteiger partial charge in [0.25, 0.3) is 0 Å². The van der Waals surface area contributed by atoms with Gasteiger partial charge in [-0.1, -0.05) is 36.4 Å². The van der Waals surface area contributed by atoms with Gasteiger partial charge in [0.05, 0.1) is 7.11 Å².